The van der Waals surface area contributed by atoms with E-state index in [1.165, 1.54) is 32.1 Å². The molecule has 2 heterocycles. The van der Waals surface area contributed by atoms with Crippen molar-refractivity contribution in [2.75, 3.05) is 18.1 Å². The summed E-state index contributed by atoms with van der Waals surface area (Å²) >= 11 is 5.71. The summed E-state index contributed by atoms with van der Waals surface area (Å²) in [5.74, 6) is 5.39. The van der Waals surface area contributed by atoms with E-state index in [1.54, 1.807) is 0 Å². The molecule has 1 aliphatic heterocycles. The molecule has 4 aliphatic carbocycles. The lowest BCUT2D eigenvalue weighted by molar-refractivity contribution is -0.0743. The Morgan fingerprint density at radius 3 is 2.34 bits per heavy atom. The maximum atomic E-state index is 11.8. The van der Waals surface area contributed by atoms with Crippen molar-refractivity contribution < 1.29 is 8.42 Å². The van der Waals surface area contributed by atoms with E-state index in [4.69, 9.17) is 17.3 Å². The Balaban J connectivity index is 1.32. The molecule has 6 nitrogen and oxygen atoms in total. The summed E-state index contributed by atoms with van der Waals surface area (Å²) in [6.45, 7) is 4.06. The fraction of sp³-hybridized carbons (Fsp3) is 0.905. The summed E-state index contributed by atoms with van der Waals surface area (Å²) in [4.78, 5) is 2.62. The monoisotopic (exact) mass is 438 g/mol. The summed E-state index contributed by atoms with van der Waals surface area (Å²) in [6, 6.07) is 0.681. The molecule has 0 spiro atoms. The van der Waals surface area contributed by atoms with Gasteiger partial charge in [0.05, 0.1) is 18.2 Å². The Morgan fingerprint density at radius 2 is 1.79 bits per heavy atom. The van der Waals surface area contributed by atoms with E-state index in [1.807, 2.05) is 16.3 Å². The Kier molecular flexibility index (Phi) is 5.18. The second-order valence-electron chi connectivity index (χ2n) is 10.2. The van der Waals surface area contributed by atoms with Gasteiger partial charge in [-0.1, -0.05) is 6.92 Å². The van der Waals surface area contributed by atoms with Crippen molar-refractivity contribution in [1.82, 2.24) is 19.2 Å². The van der Waals surface area contributed by atoms with E-state index in [0.717, 1.165) is 53.9 Å². The Bertz CT molecular complexity index is 907. The molecule has 8 heteroatoms. The van der Waals surface area contributed by atoms with Crippen LogP contribution >= 0.6 is 12.2 Å². The highest BCUT2D eigenvalue weighted by Gasteiger charge is 2.49. The molecule has 29 heavy (non-hydrogen) atoms. The molecule has 0 unspecified atom stereocenters. The minimum atomic E-state index is -2.86. The first-order chi connectivity index (χ1) is 13.8. The molecule has 0 amide bonds. The van der Waals surface area contributed by atoms with Crippen molar-refractivity contribution in [3.8, 4) is 0 Å². The molecule has 1 atom stereocenters. The molecular weight excluding hydrogens is 404 g/mol. The molecule has 4 bridgehead atoms. The largest absolute Gasteiger partial charge is 0.307 e. The van der Waals surface area contributed by atoms with E-state index in [9.17, 15) is 8.42 Å². The van der Waals surface area contributed by atoms with Crippen LogP contribution in [0.1, 0.15) is 51.3 Å². The van der Waals surface area contributed by atoms with Gasteiger partial charge in [-0.3, -0.25) is 4.90 Å². The third-order valence-corrected chi connectivity index (χ3v) is 10.6. The van der Waals surface area contributed by atoms with Crippen LogP contribution < -0.4 is 0 Å². The van der Waals surface area contributed by atoms with Crippen LogP contribution in [0.4, 0.5) is 0 Å². The smallest absolute Gasteiger partial charge is 0.198 e. The fourth-order valence-electron chi connectivity index (χ4n) is 7.16. The third kappa shape index (κ3) is 3.74. The van der Waals surface area contributed by atoms with Gasteiger partial charge in [-0.25, -0.2) is 13.1 Å². The number of sulfone groups is 1. The molecule has 0 N–H and O–H groups in total. The van der Waals surface area contributed by atoms with Gasteiger partial charge in [0.25, 0.3) is 0 Å². The first kappa shape index (κ1) is 20.2. The van der Waals surface area contributed by atoms with Gasteiger partial charge in [-0.05, 0) is 86.9 Å². The van der Waals surface area contributed by atoms with Crippen molar-refractivity contribution in [1.29, 1.82) is 0 Å². The predicted molar refractivity (Wildman–Crippen MR) is 116 cm³/mol. The molecule has 162 valence electrons. The lowest BCUT2D eigenvalue weighted by Crippen LogP contribution is -2.56. The first-order valence-electron chi connectivity index (χ1n) is 11.4. The van der Waals surface area contributed by atoms with Gasteiger partial charge in [-0.15, -0.1) is 0 Å². The highest BCUT2D eigenvalue weighted by Crippen LogP contribution is 2.55. The normalized spacial score (nSPS) is 37.6. The van der Waals surface area contributed by atoms with E-state index < -0.39 is 9.84 Å². The quantitative estimate of drug-likeness (QED) is 0.639. The van der Waals surface area contributed by atoms with Crippen LogP contribution in [0.5, 0.6) is 0 Å². The third-order valence-electron chi connectivity index (χ3n) is 8.25. The van der Waals surface area contributed by atoms with Crippen molar-refractivity contribution in [3.63, 3.8) is 0 Å². The maximum Gasteiger partial charge on any atom is 0.198 e. The molecule has 1 aromatic rings. The number of hydrogen-bond acceptors (Lipinski definition) is 5. The molecule has 6 rings (SSSR count). The van der Waals surface area contributed by atoms with Gasteiger partial charge in [0.15, 0.2) is 14.6 Å². The highest BCUT2D eigenvalue weighted by atomic mass is 32.2. The minimum Gasteiger partial charge on any atom is -0.307 e. The SMILES string of the molecule is CCN(Cn1nc(C[C@@H]2CCS(=O)(=O)C2)n(C)c1=S)C1C2CC3CC(C2)CC1C3. The van der Waals surface area contributed by atoms with Crippen molar-refractivity contribution in [2.24, 2.45) is 36.6 Å². The highest BCUT2D eigenvalue weighted by molar-refractivity contribution is 7.91. The topological polar surface area (TPSA) is 60.1 Å². The van der Waals surface area contributed by atoms with E-state index in [0.29, 0.717) is 24.0 Å². The van der Waals surface area contributed by atoms with Gasteiger partial charge < -0.3 is 4.57 Å². The van der Waals surface area contributed by atoms with E-state index in [-0.39, 0.29) is 5.92 Å². The first-order valence-corrected chi connectivity index (χ1v) is 13.6. The molecular formula is C21H34N4O2S2. The number of rotatable bonds is 6. The lowest BCUT2D eigenvalue weighted by atomic mass is 9.54. The van der Waals surface area contributed by atoms with Crippen LogP contribution in [0.25, 0.3) is 0 Å². The van der Waals surface area contributed by atoms with Gasteiger partial charge >= 0.3 is 0 Å². The molecule has 0 radical (unpaired) electrons. The molecule has 5 aliphatic rings. The van der Waals surface area contributed by atoms with Gasteiger partial charge in [0.2, 0.25) is 0 Å². The average Bonchev–Trinajstić information content (AvgIpc) is 3.13. The summed E-state index contributed by atoms with van der Waals surface area (Å²) in [5.41, 5.74) is 0. The average molecular weight is 439 g/mol. The van der Waals surface area contributed by atoms with E-state index >= 15 is 0 Å². The predicted octanol–water partition coefficient (Wildman–Crippen LogP) is 3.03. The molecule has 1 saturated heterocycles. The lowest BCUT2D eigenvalue weighted by Gasteiger charge is -2.57. The zero-order valence-corrected chi connectivity index (χ0v) is 19.3. The van der Waals surface area contributed by atoms with Crippen LogP contribution in [0, 0.1) is 34.4 Å². The Morgan fingerprint density at radius 1 is 1.14 bits per heavy atom. The molecule has 0 aromatic carbocycles. The maximum absolute atomic E-state index is 11.8. The van der Waals surface area contributed by atoms with E-state index in [2.05, 4.69) is 11.8 Å². The number of hydrogen-bond donors (Lipinski definition) is 0. The van der Waals surface area contributed by atoms with Gasteiger partial charge in [0, 0.05) is 19.5 Å². The van der Waals surface area contributed by atoms with Crippen LogP contribution in [0.2, 0.25) is 0 Å². The van der Waals surface area contributed by atoms with Crippen molar-refractivity contribution in [3.05, 3.63) is 10.6 Å². The van der Waals surface area contributed by atoms with Gasteiger partial charge in [0.1, 0.15) is 5.82 Å². The summed E-state index contributed by atoms with van der Waals surface area (Å²) in [5, 5.41) is 4.86. The van der Waals surface area contributed by atoms with Crippen molar-refractivity contribution >= 4 is 22.1 Å². The van der Waals surface area contributed by atoms with Crippen molar-refractivity contribution in [2.45, 2.75) is 64.6 Å². The standard InChI is InChI=1S/C21H34N4O2S2/c1-3-24(20-17-7-15-6-16(9-17)10-18(20)8-15)13-25-21(28)23(2)19(22-25)11-14-4-5-29(26,27)12-14/h14-18,20H,3-13H2,1-2H3/t14-,15?,16?,17?,18?,20?/m0/s1. The number of aromatic nitrogens is 3. The van der Waals surface area contributed by atoms with Crippen LogP contribution in [-0.4, -0.2) is 51.8 Å². The molecule has 5 fully saturated rings. The second kappa shape index (κ2) is 7.45. The minimum absolute atomic E-state index is 0.177. The molecule has 1 aromatic heterocycles. The Labute approximate surface area is 179 Å². The summed E-state index contributed by atoms with van der Waals surface area (Å²) < 4.78 is 28.4. The Hall–Kier alpha value is -0.730. The van der Waals surface area contributed by atoms with Crippen LogP contribution in [0.15, 0.2) is 0 Å². The zero-order valence-electron chi connectivity index (χ0n) is 17.7. The summed E-state index contributed by atoms with van der Waals surface area (Å²) in [7, 11) is -0.881. The van der Waals surface area contributed by atoms with Crippen LogP contribution in [-0.2, 0) is 30.0 Å². The van der Waals surface area contributed by atoms with Gasteiger partial charge in [-0.2, -0.15) is 5.10 Å². The molecule has 4 saturated carbocycles. The number of nitrogens with zero attached hydrogens (tertiary/aromatic N) is 4. The zero-order chi connectivity index (χ0) is 20.3. The summed E-state index contributed by atoms with van der Waals surface area (Å²) in [6.07, 6.45) is 8.61. The second-order valence-corrected chi connectivity index (χ2v) is 12.8. The fourth-order valence-corrected chi connectivity index (χ4v) is 9.23. The van der Waals surface area contributed by atoms with Crippen LogP contribution in [0.3, 0.4) is 0 Å².